The number of hydrogen-bond acceptors (Lipinski definition) is 7. The van der Waals surface area contributed by atoms with Crippen LogP contribution in [-0.4, -0.2) is 74.7 Å². The van der Waals surface area contributed by atoms with E-state index in [4.69, 9.17) is 9.84 Å². The Labute approximate surface area is 152 Å². The van der Waals surface area contributed by atoms with Crippen molar-refractivity contribution in [3.8, 4) is 0 Å². The van der Waals surface area contributed by atoms with Gasteiger partial charge < -0.3 is 35.6 Å². The maximum Gasteiger partial charge on any atom is 0.303 e. The van der Waals surface area contributed by atoms with Crippen LogP contribution < -0.4 is 5.32 Å². The topological polar surface area (TPSA) is 139 Å². The lowest BCUT2D eigenvalue weighted by molar-refractivity contribution is -0.252. The van der Waals surface area contributed by atoms with E-state index in [-0.39, 0.29) is 25.5 Å². The van der Waals surface area contributed by atoms with Crippen LogP contribution in [0.5, 0.6) is 0 Å². The second-order valence-electron chi connectivity index (χ2n) is 6.71. The SMILES string of the molecule is O=C(O)CCCC(C[C@]1(O)[C@H](O)[C@@H](O)CO[C@@H]1CO)Nc1ccccc1. The molecule has 8 nitrogen and oxygen atoms in total. The molecule has 26 heavy (non-hydrogen) atoms. The lowest BCUT2D eigenvalue weighted by atomic mass is 9.79. The van der Waals surface area contributed by atoms with E-state index >= 15 is 0 Å². The lowest BCUT2D eigenvalue weighted by Gasteiger charge is -2.46. The molecule has 1 unspecified atom stereocenters. The van der Waals surface area contributed by atoms with E-state index in [1.165, 1.54) is 0 Å². The van der Waals surface area contributed by atoms with Gasteiger partial charge in [0.05, 0.1) is 13.2 Å². The average molecular weight is 369 g/mol. The summed E-state index contributed by atoms with van der Waals surface area (Å²) in [5.41, 5.74) is -1.08. The van der Waals surface area contributed by atoms with Crippen molar-refractivity contribution in [2.24, 2.45) is 0 Å². The average Bonchev–Trinajstić information content (AvgIpc) is 2.60. The predicted molar refractivity (Wildman–Crippen MR) is 93.7 cm³/mol. The number of rotatable bonds is 9. The Morgan fingerprint density at radius 2 is 2.00 bits per heavy atom. The number of carbonyl (C=O) groups is 1. The van der Waals surface area contributed by atoms with Gasteiger partial charge in [0.1, 0.15) is 23.9 Å². The molecule has 1 aliphatic rings. The summed E-state index contributed by atoms with van der Waals surface area (Å²) in [6, 6.07) is 8.81. The molecule has 0 amide bonds. The van der Waals surface area contributed by atoms with Gasteiger partial charge in [-0.15, -0.1) is 0 Å². The molecule has 1 aromatic carbocycles. The zero-order valence-electron chi connectivity index (χ0n) is 14.5. The third-order valence-corrected chi connectivity index (χ3v) is 4.73. The number of carboxylic acid groups (broad SMARTS) is 1. The zero-order chi connectivity index (χ0) is 19.2. The fourth-order valence-corrected chi connectivity index (χ4v) is 3.33. The summed E-state index contributed by atoms with van der Waals surface area (Å²) in [5, 5.41) is 52.7. The van der Waals surface area contributed by atoms with E-state index in [0.717, 1.165) is 5.69 Å². The molecular weight excluding hydrogens is 342 g/mol. The maximum absolute atomic E-state index is 11.0. The number of benzene rings is 1. The fourth-order valence-electron chi connectivity index (χ4n) is 3.33. The Hall–Kier alpha value is -1.71. The Kier molecular flexibility index (Phi) is 7.36. The minimum absolute atomic E-state index is 0.0174. The van der Waals surface area contributed by atoms with E-state index in [9.17, 15) is 25.2 Å². The van der Waals surface area contributed by atoms with Crippen molar-refractivity contribution in [2.45, 2.75) is 55.6 Å². The molecule has 0 radical (unpaired) electrons. The summed E-state index contributed by atoms with van der Waals surface area (Å²) in [5.74, 6) is -0.910. The van der Waals surface area contributed by atoms with Crippen molar-refractivity contribution in [1.82, 2.24) is 0 Å². The standard InChI is InChI=1S/C18H27NO7/c20-10-15-18(25,17(24)14(21)11-26-15)9-13(7-4-8-16(22)23)19-12-5-2-1-3-6-12/h1-3,5-6,13-15,17,19-21,24-25H,4,7-11H2,(H,22,23)/t13?,14-,15+,17+,18+/m0/s1. The number of carboxylic acids is 1. The highest BCUT2D eigenvalue weighted by Gasteiger charge is 2.51. The number of aliphatic carboxylic acids is 1. The van der Waals surface area contributed by atoms with Gasteiger partial charge in [0, 0.05) is 24.6 Å². The van der Waals surface area contributed by atoms with Crippen LogP contribution in [0.3, 0.4) is 0 Å². The Bertz CT molecular complexity index is 566. The number of para-hydroxylation sites is 1. The highest BCUT2D eigenvalue weighted by atomic mass is 16.5. The van der Waals surface area contributed by atoms with Gasteiger partial charge in [-0.1, -0.05) is 18.2 Å². The third-order valence-electron chi connectivity index (χ3n) is 4.73. The van der Waals surface area contributed by atoms with E-state index in [1.807, 2.05) is 30.3 Å². The monoisotopic (exact) mass is 369 g/mol. The van der Waals surface area contributed by atoms with Crippen molar-refractivity contribution < 1.29 is 35.1 Å². The van der Waals surface area contributed by atoms with Crippen molar-refractivity contribution in [1.29, 1.82) is 0 Å². The first kappa shape index (κ1) is 20.6. The van der Waals surface area contributed by atoms with Crippen LogP contribution in [0, 0.1) is 0 Å². The molecule has 8 heteroatoms. The zero-order valence-corrected chi connectivity index (χ0v) is 14.5. The van der Waals surface area contributed by atoms with Gasteiger partial charge in [0.25, 0.3) is 0 Å². The van der Waals surface area contributed by atoms with Crippen molar-refractivity contribution in [2.75, 3.05) is 18.5 Å². The van der Waals surface area contributed by atoms with Crippen molar-refractivity contribution in [3.05, 3.63) is 30.3 Å². The molecule has 146 valence electrons. The molecule has 1 aliphatic heterocycles. The lowest BCUT2D eigenvalue weighted by Crippen LogP contribution is -2.65. The minimum Gasteiger partial charge on any atom is -0.481 e. The molecule has 2 rings (SSSR count). The summed E-state index contributed by atoms with van der Waals surface area (Å²) in [6.45, 7) is -0.683. The van der Waals surface area contributed by atoms with E-state index in [0.29, 0.717) is 12.8 Å². The number of hydrogen-bond donors (Lipinski definition) is 6. The molecule has 0 saturated carbocycles. The van der Waals surface area contributed by atoms with E-state index < -0.39 is 36.5 Å². The minimum atomic E-state index is -1.86. The number of aliphatic hydroxyl groups excluding tert-OH is 3. The number of ether oxygens (including phenoxy) is 1. The van der Waals surface area contributed by atoms with Gasteiger partial charge in [-0.05, 0) is 25.0 Å². The van der Waals surface area contributed by atoms with Crippen LogP contribution in [0.1, 0.15) is 25.7 Å². The van der Waals surface area contributed by atoms with Crippen LogP contribution in [0.15, 0.2) is 30.3 Å². The molecule has 1 saturated heterocycles. The first-order valence-electron chi connectivity index (χ1n) is 8.71. The van der Waals surface area contributed by atoms with Gasteiger partial charge in [0.15, 0.2) is 0 Å². The van der Waals surface area contributed by atoms with Gasteiger partial charge >= 0.3 is 5.97 Å². The second-order valence-corrected chi connectivity index (χ2v) is 6.71. The summed E-state index contributed by atoms with van der Waals surface area (Å²) in [7, 11) is 0. The number of aliphatic hydroxyl groups is 4. The second kappa shape index (κ2) is 9.29. The Morgan fingerprint density at radius 1 is 1.31 bits per heavy atom. The molecule has 0 spiro atoms. The maximum atomic E-state index is 11.0. The van der Waals surface area contributed by atoms with Gasteiger partial charge in [-0.3, -0.25) is 4.79 Å². The van der Waals surface area contributed by atoms with E-state index in [1.54, 1.807) is 0 Å². The van der Waals surface area contributed by atoms with Crippen LogP contribution >= 0.6 is 0 Å². The molecule has 1 heterocycles. The first-order valence-corrected chi connectivity index (χ1v) is 8.71. The van der Waals surface area contributed by atoms with E-state index in [2.05, 4.69) is 5.32 Å². The quantitative estimate of drug-likeness (QED) is 0.356. The van der Waals surface area contributed by atoms with Gasteiger partial charge in [-0.2, -0.15) is 0 Å². The molecule has 0 aromatic heterocycles. The summed E-state index contributed by atoms with van der Waals surface area (Å²) in [6.07, 6.45) is -3.03. The molecule has 1 fully saturated rings. The smallest absolute Gasteiger partial charge is 0.303 e. The summed E-state index contributed by atoms with van der Waals surface area (Å²) >= 11 is 0. The molecule has 0 bridgehead atoms. The number of anilines is 1. The van der Waals surface area contributed by atoms with Crippen LogP contribution in [0.25, 0.3) is 0 Å². The van der Waals surface area contributed by atoms with Crippen LogP contribution in [0.2, 0.25) is 0 Å². The van der Waals surface area contributed by atoms with Crippen molar-refractivity contribution in [3.63, 3.8) is 0 Å². The molecule has 5 atom stereocenters. The van der Waals surface area contributed by atoms with Crippen LogP contribution in [0.4, 0.5) is 5.69 Å². The predicted octanol–water partition coefficient (Wildman–Crippen LogP) is -0.0439. The Balaban J connectivity index is 2.15. The molecule has 6 N–H and O–H groups in total. The summed E-state index contributed by atoms with van der Waals surface area (Å²) < 4.78 is 5.29. The Morgan fingerprint density at radius 3 is 2.62 bits per heavy atom. The largest absolute Gasteiger partial charge is 0.481 e. The highest BCUT2D eigenvalue weighted by molar-refractivity contribution is 5.66. The fraction of sp³-hybridized carbons (Fsp3) is 0.611. The first-order chi connectivity index (χ1) is 12.4. The molecule has 1 aromatic rings. The highest BCUT2D eigenvalue weighted by Crippen LogP contribution is 2.32. The molecular formula is C18H27NO7. The van der Waals surface area contributed by atoms with Gasteiger partial charge in [0.2, 0.25) is 0 Å². The third kappa shape index (κ3) is 5.15. The normalized spacial score (nSPS) is 29.9. The summed E-state index contributed by atoms with van der Waals surface area (Å²) in [4.78, 5) is 10.8. The number of nitrogens with one attached hydrogen (secondary N) is 1. The van der Waals surface area contributed by atoms with Gasteiger partial charge in [-0.25, -0.2) is 0 Å². The van der Waals surface area contributed by atoms with Crippen LogP contribution in [-0.2, 0) is 9.53 Å². The van der Waals surface area contributed by atoms with Crippen molar-refractivity contribution >= 4 is 11.7 Å². The molecule has 0 aliphatic carbocycles.